The molecule has 2 rings (SSSR count). The first-order chi connectivity index (χ1) is 11.0. The van der Waals surface area contributed by atoms with Crippen molar-refractivity contribution in [2.75, 3.05) is 19.9 Å². The Morgan fingerprint density at radius 3 is 2.91 bits per heavy atom. The molecule has 2 aliphatic heterocycles. The minimum atomic E-state index is -1.06. The van der Waals surface area contributed by atoms with Crippen LogP contribution in [0.15, 0.2) is 9.98 Å². The second kappa shape index (κ2) is 7.54. The Hall–Kier alpha value is -2.69. The number of nitrogens with two attached hydrogens (primary N) is 1. The van der Waals surface area contributed by atoms with Gasteiger partial charge in [-0.25, -0.2) is 4.99 Å². The molecule has 0 aromatic heterocycles. The summed E-state index contributed by atoms with van der Waals surface area (Å²) < 4.78 is 10.1. The van der Waals surface area contributed by atoms with Crippen LogP contribution in [0.4, 0.5) is 0 Å². The van der Waals surface area contributed by atoms with Gasteiger partial charge in [-0.15, -0.1) is 0 Å². The number of nitrogens with zero attached hydrogens (tertiary/aromatic N) is 3. The fourth-order valence-electron chi connectivity index (χ4n) is 1.98. The second-order valence-electron chi connectivity index (χ2n) is 4.79. The molecule has 2 heterocycles. The number of aliphatic carboxylic acids is 1. The van der Waals surface area contributed by atoms with Gasteiger partial charge in [-0.2, -0.15) is 0 Å². The fourth-order valence-corrected chi connectivity index (χ4v) is 1.98. The molecular weight excluding hydrogens is 310 g/mol. The number of amides is 1. The van der Waals surface area contributed by atoms with Gasteiger partial charge >= 0.3 is 11.9 Å². The molecule has 2 aliphatic rings. The maximum Gasteiger partial charge on any atom is 0.306 e. The number of carboxylic acids is 1. The van der Waals surface area contributed by atoms with Crippen molar-refractivity contribution in [3.8, 4) is 0 Å². The lowest BCUT2D eigenvalue weighted by molar-refractivity contribution is -0.149. The summed E-state index contributed by atoms with van der Waals surface area (Å²) in [5.74, 6) is -1.95. The molecule has 1 amide bonds. The number of guanidine groups is 1. The van der Waals surface area contributed by atoms with E-state index in [2.05, 4.69) is 15.3 Å². The van der Waals surface area contributed by atoms with Crippen molar-refractivity contribution in [1.82, 2.24) is 10.2 Å². The molecule has 2 atom stereocenters. The lowest BCUT2D eigenvalue weighted by atomic mass is 10.2. The van der Waals surface area contributed by atoms with Crippen LogP contribution in [0.1, 0.15) is 12.8 Å². The number of carbonyl (C=O) groups is 3. The molecule has 0 aromatic rings. The average molecular weight is 327 g/mol. The Balaban J connectivity index is 1.64. The van der Waals surface area contributed by atoms with Gasteiger partial charge in [0.2, 0.25) is 0 Å². The number of ether oxygens (including phenoxy) is 2. The normalized spacial score (nSPS) is 22.3. The first-order valence-corrected chi connectivity index (χ1v) is 6.85. The van der Waals surface area contributed by atoms with Crippen LogP contribution in [0.25, 0.3) is 0 Å². The highest BCUT2D eigenvalue weighted by Crippen LogP contribution is 2.17. The average Bonchev–Trinajstić information content (AvgIpc) is 2.88. The van der Waals surface area contributed by atoms with Gasteiger partial charge in [-0.1, -0.05) is 0 Å². The third-order valence-electron chi connectivity index (χ3n) is 3.06. The van der Waals surface area contributed by atoms with Crippen molar-refractivity contribution < 1.29 is 29.0 Å². The number of carboxylic acid groups (broad SMARTS) is 1. The molecule has 0 fully saturated rings. The van der Waals surface area contributed by atoms with E-state index in [1.54, 1.807) is 4.90 Å². The van der Waals surface area contributed by atoms with Crippen LogP contribution in [-0.2, 0) is 23.9 Å². The van der Waals surface area contributed by atoms with Gasteiger partial charge in [0, 0.05) is 0 Å². The Bertz CT molecular complexity index is 548. The van der Waals surface area contributed by atoms with E-state index >= 15 is 0 Å². The van der Waals surface area contributed by atoms with E-state index in [1.807, 2.05) is 0 Å². The van der Waals surface area contributed by atoms with E-state index in [0.717, 1.165) is 0 Å². The summed E-state index contributed by atoms with van der Waals surface area (Å²) in [5.41, 5.74) is 5.50. The van der Waals surface area contributed by atoms with E-state index < -0.39 is 24.1 Å². The maximum atomic E-state index is 11.6. The number of hydrogen-bond acceptors (Lipinski definition) is 9. The molecule has 0 aliphatic carbocycles. The largest absolute Gasteiger partial charge is 0.481 e. The highest BCUT2D eigenvalue weighted by molar-refractivity contribution is 6.02. The highest BCUT2D eigenvalue weighted by Gasteiger charge is 2.39. The number of esters is 1. The molecule has 0 bridgehead atoms. The molecule has 23 heavy (non-hydrogen) atoms. The van der Waals surface area contributed by atoms with Crippen LogP contribution in [0.3, 0.4) is 0 Å². The summed E-state index contributed by atoms with van der Waals surface area (Å²) in [7, 11) is 0. The number of hydrogen-bond donors (Lipinski definition) is 3. The Kier molecular flexibility index (Phi) is 5.46. The zero-order valence-electron chi connectivity index (χ0n) is 12.2. The molecular formula is C12H17N5O6. The Morgan fingerprint density at radius 2 is 2.17 bits per heavy atom. The van der Waals surface area contributed by atoms with Crippen LogP contribution in [-0.4, -0.2) is 72.3 Å². The predicted octanol–water partition coefficient (Wildman–Crippen LogP) is -2.15. The molecule has 0 aromatic carbocycles. The summed E-state index contributed by atoms with van der Waals surface area (Å²) >= 11 is 0. The van der Waals surface area contributed by atoms with Gasteiger partial charge in [0.05, 0.1) is 25.8 Å². The van der Waals surface area contributed by atoms with E-state index in [0.29, 0.717) is 0 Å². The van der Waals surface area contributed by atoms with Gasteiger partial charge in [0.15, 0.2) is 18.2 Å². The van der Waals surface area contributed by atoms with Crippen LogP contribution in [0.2, 0.25) is 0 Å². The van der Waals surface area contributed by atoms with Gasteiger partial charge < -0.3 is 25.2 Å². The van der Waals surface area contributed by atoms with Gasteiger partial charge in [0.1, 0.15) is 13.3 Å². The number of carbonyl (C=O) groups excluding carboxylic acids is 2. The second-order valence-corrected chi connectivity index (χ2v) is 4.79. The van der Waals surface area contributed by atoms with E-state index in [-0.39, 0.29) is 44.7 Å². The predicted molar refractivity (Wildman–Crippen MR) is 76.3 cm³/mol. The van der Waals surface area contributed by atoms with Crippen LogP contribution >= 0.6 is 0 Å². The lowest BCUT2D eigenvalue weighted by Crippen LogP contribution is -2.54. The topological polar surface area (TPSA) is 156 Å². The smallest absolute Gasteiger partial charge is 0.306 e. The number of rotatable bonds is 8. The molecule has 0 saturated carbocycles. The summed E-state index contributed by atoms with van der Waals surface area (Å²) in [6.07, 6.45) is 0.465. The zero-order chi connectivity index (χ0) is 16.8. The lowest BCUT2D eigenvalue weighted by Gasteiger charge is -2.27. The first-order valence-electron chi connectivity index (χ1n) is 6.85. The monoisotopic (exact) mass is 327 g/mol. The van der Waals surface area contributed by atoms with Crippen LogP contribution < -0.4 is 11.1 Å². The van der Waals surface area contributed by atoms with Gasteiger partial charge in [-0.05, 0) is 0 Å². The molecule has 126 valence electrons. The van der Waals surface area contributed by atoms with Crippen LogP contribution in [0.5, 0.6) is 0 Å². The molecule has 11 nitrogen and oxygen atoms in total. The molecule has 4 N–H and O–H groups in total. The zero-order valence-corrected chi connectivity index (χ0v) is 12.2. The molecule has 0 radical (unpaired) electrons. The quantitative estimate of drug-likeness (QED) is 0.336. The van der Waals surface area contributed by atoms with Crippen LogP contribution in [0, 0.1) is 0 Å². The number of nitrogens with one attached hydrogen (secondary N) is 1. The van der Waals surface area contributed by atoms with Crippen molar-refractivity contribution in [2.24, 2.45) is 15.7 Å². The number of fused-ring (bicyclic) bond motifs is 1. The van der Waals surface area contributed by atoms with Crippen molar-refractivity contribution in [1.29, 1.82) is 0 Å². The summed E-state index contributed by atoms with van der Waals surface area (Å²) in [4.78, 5) is 42.8. The summed E-state index contributed by atoms with van der Waals surface area (Å²) in [5, 5.41) is 10.8. The van der Waals surface area contributed by atoms with Crippen molar-refractivity contribution in [2.45, 2.75) is 25.0 Å². The van der Waals surface area contributed by atoms with E-state index in [9.17, 15) is 14.4 Å². The third kappa shape index (κ3) is 4.64. The third-order valence-corrected chi connectivity index (χ3v) is 3.06. The minimum Gasteiger partial charge on any atom is -0.481 e. The number of aliphatic imine (C=N–C) groups is 2. The standard InChI is InChI=1S/C12H17N5O6/c13-12-15-10-9(11(21)16-12)14-5-17(10)6-22-3-4-23-8(20)2-1-7(18)19/h5,9-10H,1-4,6H2,(H,18,19)(H3,13,15,16,21). The molecule has 0 saturated heterocycles. The van der Waals surface area contributed by atoms with Gasteiger partial charge in [0.25, 0.3) is 5.91 Å². The first kappa shape index (κ1) is 16.7. The minimum absolute atomic E-state index is 0.00340. The summed E-state index contributed by atoms with van der Waals surface area (Å²) in [6, 6.07) is -0.653. The molecule has 11 heteroatoms. The van der Waals surface area contributed by atoms with Gasteiger partial charge in [-0.3, -0.25) is 24.7 Å². The fraction of sp³-hybridized carbons (Fsp3) is 0.583. The maximum absolute atomic E-state index is 11.6. The highest BCUT2D eigenvalue weighted by atomic mass is 16.6. The molecule has 0 spiro atoms. The Morgan fingerprint density at radius 1 is 1.39 bits per heavy atom. The van der Waals surface area contributed by atoms with Crippen molar-refractivity contribution in [3.05, 3.63) is 0 Å². The van der Waals surface area contributed by atoms with E-state index in [4.69, 9.17) is 20.3 Å². The SMILES string of the molecule is NC1=NC2C(N=CN2COCCOC(=O)CCC(=O)O)C(=O)N1. The summed E-state index contributed by atoms with van der Waals surface area (Å²) in [6.45, 7) is 0.219. The molecule has 2 unspecified atom stereocenters. The van der Waals surface area contributed by atoms with Crippen molar-refractivity contribution in [3.63, 3.8) is 0 Å². The van der Waals surface area contributed by atoms with E-state index in [1.165, 1.54) is 6.34 Å². The van der Waals surface area contributed by atoms with Crippen molar-refractivity contribution >= 4 is 30.1 Å². The Labute approximate surface area is 131 Å².